The fourth-order valence-electron chi connectivity index (χ4n) is 3.10. The van der Waals surface area contributed by atoms with Crippen LogP contribution in [0.5, 0.6) is 0 Å². The molecule has 0 aliphatic rings. The summed E-state index contributed by atoms with van der Waals surface area (Å²) in [6, 6.07) is 28.3. The molecule has 45 heavy (non-hydrogen) atoms. The number of para-hydroxylation sites is 2. The number of benzene rings is 3. The van der Waals surface area contributed by atoms with Crippen LogP contribution in [0.2, 0.25) is 0 Å². The van der Waals surface area contributed by atoms with E-state index in [4.69, 9.17) is 8.83 Å². The van der Waals surface area contributed by atoms with Gasteiger partial charge in [-0.1, -0.05) is 132 Å². The largest absolute Gasteiger partial charge is 0.464 e. The van der Waals surface area contributed by atoms with E-state index < -0.39 is 0 Å². The van der Waals surface area contributed by atoms with E-state index in [2.05, 4.69) is 4.42 Å². The molecule has 0 bridgehead atoms. The third kappa shape index (κ3) is 16.6. The molecule has 0 aliphatic heterocycles. The van der Waals surface area contributed by atoms with Gasteiger partial charge in [0, 0.05) is 17.5 Å². The van der Waals surface area contributed by atoms with E-state index in [-0.39, 0.29) is 16.7 Å². The molecule has 0 spiro atoms. The van der Waals surface area contributed by atoms with Gasteiger partial charge in [0.1, 0.15) is 11.2 Å². The maximum absolute atomic E-state index is 11.1. The second-order valence-electron chi connectivity index (χ2n) is 6.87. The van der Waals surface area contributed by atoms with Crippen LogP contribution in [-0.4, -0.2) is 0 Å². The van der Waals surface area contributed by atoms with Crippen LogP contribution in [0.25, 0.3) is 32.7 Å². The van der Waals surface area contributed by atoms with Gasteiger partial charge in [-0.3, -0.25) is 4.79 Å². The highest BCUT2D eigenvalue weighted by Crippen LogP contribution is 2.09. The fourth-order valence-corrected chi connectivity index (χ4v) is 3.10. The SMILES string of the molecule is CC.CC.CC.CC.CC.CC.O=c1ccc2ccccc2o1.O=c1ccoc2ccccc12.O=c1occc2ccccc12. The lowest BCUT2D eigenvalue weighted by Crippen LogP contribution is -1.96. The fraction of sp³-hybridized carbons (Fsp3) is 0.308. The van der Waals surface area contributed by atoms with E-state index in [0.717, 1.165) is 10.8 Å². The third-order valence-electron chi connectivity index (χ3n) is 4.70. The summed E-state index contributed by atoms with van der Waals surface area (Å²) in [5, 5.41) is 3.14. The molecule has 0 saturated carbocycles. The topological polar surface area (TPSA) is 90.6 Å². The van der Waals surface area contributed by atoms with Crippen molar-refractivity contribution in [1.29, 1.82) is 0 Å². The molecule has 0 fully saturated rings. The first-order chi connectivity index (χ1) is 22.1. The lowest BCUT2D eigenvalue weighted by molar-refractivity contribution is 0.519. The molecule has 3 heterocycles. The summed E-state index contributed by atoms with van der Waals surface area (Å²) >= 11 is 0. The van der Waals surface area contributed by atoms with Crippen LogP contribution in [0.3, 0.4) is 0 Å². The molecule has 3 aromatic heterocycles. The predicted molar refractivity (Wildman–Crippen MR) is 196 cm³/mol. The van der Waals surface area contributed by atoms with Crippen molar-refractivity contribution in [3.05, 3.63) is 141 Å². The first kappa shape index (κ1) is 44.7. The maximum Gasteiger partial charge on any atom is 0.343 e. The average Bonchev–Trinajstić information content (AvgIpc) is 3.14. The van der Waals surface area contributed by atoms with Crippen LogP contribution < -0.4 is 16.7 Å². The van der Waals surface area contributed by atoms with Gasteiger partial charge in [0.05, 0.1) is 23.3 Å². The van der Waals surface area contributed by atoms with Gasteiger partial charge in [0.25, 0.3) is 0 Å². The molecule has 0 radical (unpaired) electrons. The molecule has 0 N–H and O–H groups in total. The van der Waals surface area contributed by atoms with Crippen molar-refractivity contribution >= 4 is 32.7 Å². The first-order valence-electron chi connectivity index (χ1n) is 16.0. The van der Waals surface area contributed by atoms with Crippen molar-refractivity contribution in [1.82, 2.24) is 0 Å². The van der Waals surface area contributed by atoms with E-state index in [1.54, 1.807) is 36.4 Å². The molecule has 6 rings (SSSR count). The zero-order valence-electron chi connectivity index (χ0n) is 29.3. The lowest BCUT2D eigenvalue weighted by Gasteiger charge is -1.91. The Kier molecular flexibility index (Phi) is 30.6. The maximum atomic E-state index is 11.1. The first-order valence-corrected chi connectivity index (χ1v) is 16.0. The van der Waals surface area contributed by atoms with Gasteiger partial charge in [-0.25, -0.2) is 9.59 Å². The molecule has 0 atom stereocenters. The second-order valence-corrected chi connectivity index (χ2v) is 6.87. The van der Waals surface area contributed by atoms with E-state index in [1.807, 2.05) is 132 Å². The van der Waals surface area contributed by atoms with E-state index in [1.165, 1.54) is 24.7 Å². The van der Waals surface area contributed by atoms with Crippen molar-refractivity contribution < 1.29 is 13.3 Å². The van der Waals surface area contributed by atoms with Crippen molar-refractivity contribution in [2.75, 3.05) is 0 Å². The minimum atomic E-state index is -0.302. The average molecular weight is 619 g/mol. The Morgan fingerprint density at radius 2 is 0.867 bits per heavy atom. The van der Waals surface area contributed by atoms with Crippen LogP contribution in [0.1, 0.15) is 83.1 Å². The van der Waals surface area contributed by atoms with Crippen LogP contribution >= 0.6 is 0 Å². The number of hydrogen-bond acceptors (Lipinski definition) is 6. The highest BCUT2D eigenvalue weighted by molar-refractivity contribution is 5.80. The summed E-state index contributed by atoms with van der Waals surface area (Å²) in [7, 11) is 0. The smallest absolute Gasteiger partial charge is 0.343 e. The van der Waals surface area contributed by atoms with Crippen molar-refractivity contribution in [2.24, 2.45) is 0 Å². The molecular formula is C39H54O6. The number of rotatable bonds is 0. The van der Waals surface area contributed by atoms with Crippen molar-refractivity contribution in [2.45, 2.75) is 83.1 Å². The van der Waals surface area contributed by atoms with Gasteiger partial charge in [0.15, 0.2) is 5.43 Å². The van der Waals surface area contributed by atoms with Gasteiger partial charge in [-0.15, -0.1) is 0 Å². The zero-order chi connectivity index (χ0) is 35.0. The van der Waals surface area contributed by atoms with Crippen LogP contribution in [0.4, 0.5) is 0 Å². The Bertz CT molecular complexity index is 1590. The normalized spacial score (nSPS) is 8.27. The van der Waals surface area contributed by atoms with Crippen molar-refractivity contribution in [3.63, 3.8) is 0 Å². The standard InChI is InChI=1S/3C9H6O2.6C2H6/c10-8-5-6-11-9-4-2-1-3-7(8)9;10-9-8-4-2-1-3-7(8)5-6-11-9;10-9-6-5-7-3-1-2-4-8(7)11-9;6*1-2/h3*1-6H;6*1-2H3. The van der Waals surface area contributed by atoms with Crippen LogP contribution in [-0.2, 0) is 0 Å². The molecule has 0 aliphatic carbocycles. The summed E-state index contributed by atoms with van der Waals surface area (Å²) in [6.45, 7) is 24.0. The molecule has 0 amide bonds. The van der Waals surface area contributed by atoms with Crippen LogP contribution in [0, 0.1) is 0 Å². The summed E-state index contributed by atoms with van der Waals surface area (Å²) < 4.78 is 14.7. The van der Waals surface area contributed by atoms with Crippen LogP contribution in [0.15, 0.2) is 137 Å². The van der Waals surface area contributed by atoms with Gasteiger partial charge < -0.3 is 13.3 Å². The molecule has 0 unspecified atom stereocenters. The number of fused-ring (bicyclic) bond motifs is 3. The second kappa shape index (κ2) is 30.7. The van der Waals surface area contributed by atoms with Gasteiger partial charge >= 0.3 is 11.3 Å². The Balaban J connectivity index is -0.000000503. The summed E-state index contributed by atoms with van der Waals surface area (Å²) in [4.78, 5) is 32.8. The molecule has 6 nitrogen and oxygen atoms in total. The third-order valence-corrected chi connectivity index (χ3v) is 4.70. The molecule has 6 aromatic rings. The molecule has 246 valence electrons. The Hall–Kier alpha value is -4.71. The Morgan fingerprint density at radius 3 is 1.42 bits per heavy atom. The Labute approximate surface area is 269 Å². The van der Waals surface area contributed by atoms with Crippen molar-refractivity contribution in [3.8, 4) is 0 Å². The highest BCUT2D eigenvalue weighted by atomic mass is 16.4. The lowest BCUT2D eigenvalue weighted by atomic mass is 10.2. The molecule has 0 saturated heterocycles. The minimum absolute atomic E-state index is 0.00634. The minimum Gasteiger partial charge on any atom is -0.464 e. The molecule has 3 aromatic carbocycles. The Morgan fingerprint density at radius 1 is 0.400 bits per heavy atom. The zero-order valence-corrected chi connectivity index (χ0v) is 29.3. The van der Waals surface area contributed by atoms with Gasteiger partial charge in [-0.05, 0) is 41.8 Å². The molecular weight excluding hydrogens is 564 g/mol. The van der Waals surface area contributed by atoms with E-state index in [0.29, 0.717) is 21.9 Å². The monoisotopic (exact) mass is 618 g/mol. The van der Waals surface area contributed by atoms with Gasteiger partial charge in [-0.2, -0.15) is 0 Å². The summed E-state index contributed by atoms with van der Waals surface area (Å²) in [5.41, 5.74) is 0.707. The summed E-state index contributed by atoms with van der Waals surface area (Å²) in [6.07, 6.45) is 2.81. The quantitative estimate of drug-likeness (QED) is 0.157. The summed E-state index contributed by atoms with van der Waals surface area (Å²) in [5.74, 6) is 0. The number of hydrogen-bond donors (Lipinski definition) is 0. The van der Waals surface area contributed by atoms with E-state index >= 15 is 0 Å². The van der Waals surface area contributed by atoms with Gasteiger partial charge in [0.2, 0.25) is 0 Å². The predicted octanol–water partition coefficient (Wildman–Crippen LogP) is 11.5. The molecule has 6 heteroatoms. The van der Waals surface area contributed by atoms with E-state index in [9.17, 15) is 14.4 Å². The highest BCUT2D eigenvalue weighted by Gasteiger charge is 1.96.